The average Bonchev–Trinajstić information content (AvgIpc) is 2.64. The quantitative estimate of drug-likeness (QED) is 0.687. The summed E-state index contributed by atoms with van der Waals surface area (Å²) in [4.78, 5) is 20.0. The number of aromatic nitrogens is 4. The van der Waals surface area contributed by atoms with Crippen LogP contribution in [0, 0.1) is 0 Å². The predicted molar refractivity (Wildman–Crippen MR) is 92.3 cm³/mol. The summed E-state index contributed by atoms with van der Waals surface area (Å²) in [5, 5.41) is 0.524. The van der Waals surface area contributed by atoms with E-state index in [0.29, 0.717) is 11.0 Å². The molecule has 0 fully saturated rings. The van der Waals surface area contributed by atoms with E-state index in [9.17, 15) is 0 Å². The van der Waals surface area contributed by atoms with Crippen LogP contribution in [0.2, 0.25) is 5.15 Å². The molecule has 0 amide bonds. The molecule has 0 saturated heterocycles. The third kappa shape index (κ3) is 3.27. The number of rotatable bonds is 3. The van der Waals surface area contributed by atoms with Gasteiger partial charge in [-0.25, -0.2) is 15.0 Å². The first-order valence-corrected chi connectivity index (χ1v) is 8.25. The molecule has 1 aliphatic rings. The van der Waals surface area contributed by atoms with Gasteiger partial charge in [0.05, 0.1) is 5.69 Å². The summed E-state index contributed by atoms with van der Waals surface area (Å²) in [7, 11) is 0. The van der Waals surface area contributed by atoms with Gasteiger partial charge in [0.15, 0.2) is 5.82 Å². The van der Waals surface area contributed by atoms with Crippen molar-refractivity contribution in [3.63, 3.8) is 0 Å². The van der Waals surface area contributed by atoms with Crippen LogP contribution in [0.25, 0.3) is 11.5 Å². The summed E-state index contributed by atoms with van der Waals surface area (Å²) in [6, 6.07) is 9.62. The lowest BCUT2D eigenvalue weighted by molar-refractivity contribution is 0.241. The standard InChI is InChI=1S/C18H16ClN5/c19-17-5-4-13(9-21-17)11-24-8-6-14-10-22-18(23-16(14)12-24)15-3-1-2-7-20-15/h1-5,7,9-10H,6,8,11-12H2. The lowest BCUT2D eigenvalue weighted by atomic mass is 10.1. The van der Waals surface area contributed by atoms with Crippen LogP contribution >= 0.6 is 11.6 Å². The minimum absolute atomic E-state index is 0.524. The summed E-state index contributed by atoms with van der Waals surface area (Å²) in [5.41, 5.74) is 4.26. The normalized spacial score (nSPS) is 14.4. The molecule has 0 spiro atoms. The Balaban J connectivity index is 1.54. The second kappa shape index (κ2) is 6.63. The Labute approximate surface area is 145 Å². The molecule has 0 N–H and O–H groups in total. The van der Waals surface area contributed by atoms with E-state index < -0.39 is 0 Å². The van der Waals surface area contributed by atoms with E-state index in [4.69, 9.17) is 16.6 Å². The molecule has 0 aliphatic carbocycles. The minimum atomic E-state index is 0.524. The third-order valence-corrected chi connectivity index (χ3v) is 4.34. The summed E-state index contributed by atoms with van der Waals surface area (Å²) >= 11 is 5.85. The first-order chi connectivity index (χ1) is 11.8. The molecule has 5 nitrogen and oxygen atoms in total. The van der Waals surface area contributed by atoms with E-state index in [0.717, 1.165) is 43.0 Å². The maximum absolute atomic E-state index is 5.85. The molecule has 1 aliphatic heterocycles. The van der Waals surface area contributed by atoms with Crippen molar-refractivity contribution in [2.75, 3.05) is 6.54 Å². The molecule has 0 saturated carbocycles. The van der Waals surface area contributed by atoms with E-state index in [1.807, 2.05) is 42.7 Å². The Morgan fingerprint density at radius 1 is 1.04 bits per heavy atom. The van der Waals surface area contributed by atoms with Crippen LogP contribution in [0.3, 0.4) is 0 Å². The molecule has 3 aromatic heterocycles. The molecule has 0 aromatic carbocycles. The Morgan fingerprint density at radius 2 is 2.00 bits per heavy atom. The van der Waals surface area contributed by atoms with Gasteiger partial charge >= 0.3 is 0 Å². The molecular weight excluding hydrogens is 322 g/mol. The number of halogens is 1. The predicted octanol–water partition coefficient (Wildman–Crippen LogP) is 3.15. The highest BCUT2D eigenvalue weighted by atomic mass is 35.5. The molecule has 24 heavy (non-hydrogen) atoms. The lowest BCUT2D eigenvalue weighted by Crippen LogP contribution is -2.31. The van der Waals surface area contributed by atoms with E-state index in [2.05, 4.69) is 19.9 Å². The number of pyridine rings is 2. The maximum Gasteiger partial charge on any atom is 0.178 e. The molecule has 120 valence electrons. The van der Waals surface area contributed by atoms with Crippen molar-refractivity contribution in [1.82, 2.24) is 24.8 Å². The van der Waals surface area contributed by atoms with Crippen molar-refractivity contribution in [2.24, 2.45) is 0 Å². The molecule has 3 aromatic rings. The average molecular weight is 338 g/mol. The number of hydrogen-bond acceptors (Lipinski definition) is 5. The highest BCUT2D eigenvalue weighted by Crippen LogP contribution is 2.21. The van der Waals surface area contributed by atoms with Gasteiger partial charge in [0.1, 0.15) is 10.8 Å². The van der Waals surface area contributed by atoms with Crippen LogP contribution in [0.5, 0.6) is 0 Å². The molecule has 6 heteroatoms. The minimum Gasteiger partial charge on any atom is -0.293 e. The van der Waals surface area contributed by atoms with Crippen molar-refractivity contribution >= 4 is 11.6 Å². The molecule has 0 bridgehead atoms. The van der Waals surface area contributed by atoms with Gasteiger partial charge in [-0.15, -0.1) is 0 Å². The second-order valence-electron chi connectivity index (χ2n) is 5.83. The summed E-state index contributed by atoms with van der Waals surface area (Å²) in [6.07, 6.45) is 6.49. The zero-order chi connectivity index (χ0) is 16.4. The van der Waals surface area contributed by atoms with E-state index in [1.54, 1.807) is 6.20 Å². The van der Waals surface area contributed by atoms with Crippen molar-refractivity contribution < 1.29 is 0 Å². The second-order valence-corrected chi connectivity index (χ2v) is 6.22. The zero-order valence-electron chi connectivity index (χ0n) is 13.1. The van der Waals surface area contributed by atoms with Crippen molar-refractivity contribution in [1.29, 1.82) is 0 Å². The van der Waals surface area contributed by atoms with Crippen LogP contribution in [-0.4, -0.2) is 31.4 Å². The van der Waals surface area contributed by atoms with E-state index in [-0.39, 0.29) is 0 Å². The lowest BCUT2D eigenvalue weighted by Gasteiger charge is -2.27. The highest BCUT2D eigenvalue weighted by Gasteiger charge is 2.19. The number of nitrogens with zero attached hydrogens (tertiary/aromatic N) is 5. The highest BCUT2D eigenvalue weighted by molar-refractivity contribution is 6.29. The van der Waals surface area contributed by atoms with Crippen LogP contribution in [0.15, 0.2) is 48.9 Å². The smallest absolute Gasteiger partial charge is 0.178 e. The van der Waals surface area contributed by atoms with E-state index >= 15 is 0 Å². The molecule has 0 radical (unpaired) electrons. The van der Waals surface area contributed by atoms with Gasteiger partial charge in [0, 0.05) is 38.2 Å². The van der Waals surface area contributed by atoms with Crippen LogP contribution < -0.4 is 0 Å². The van der Waals surface area contributed by atoms with Crippen LogP contribution in [-0.2, 0) is 19.5 Å². The molecule has 0 unspecified atom stereocenters. The maximum atomic E-state index is 5.85. The van der Waals surface area contributed by atoms with E-state index in [1.165, 1.54) is 5.56 Å². The van der Waals surface area contributed by atoms with Crippen molar-refractivity contribution in [2.45, 2.75) is 19.5 Å². The van der Waals surface area contributed by atoms with Gasteiger partial charge in [-0.05, 0) is 35.7 Å². The number of fused-ring (bicyclic) bond motifs is 1. The van der Waals surface area contributed by atoms with Gasteiger partial charge in [-0.1, -0.05) is 23.7 Å². The van der Waals surface area contributed by atoms with Crippen molar-refractivity contribution in [3.05, 3.63) is 70.9 Å². The Bertz CT molecular complexity index is 836. The van der Waals surface area contributed by atoms with Gasteiger partial charge < -0.3 is 0 Å². The summed E-state index contributed by atoms with van der Waals surface area (Å²) in [6.45, 7) is 2.63. The summed E-state index contributed by atoms with van der Waals surface area (Å²) < 4.78 is 0. The number of hydrogen-bond donors (Lipinski definition) is 0. The van der Waals surface area contributed by atoms with Crippen LogP contribution in [0.4, 0.5) is 0 Å². The van der Waals surface area contributed by atoms with Gasteiger partial charge in [-0.3, -0.25) is 9.88 Å². The summed E-state index contributed by atoms with van der Waals surface area (Å²) in [5.74, 6) is 0.685. The Morgan fingerprint density at radius 3 is 2.79 bits per heavy atom. The first kappa shape index (κ1) is 15.2. The molecule has 4 rings (SSSR count). The Kier molecular flexibility index (Phi) is 4.19. The zero-order valence-corrected chi connectivity index (χ0v) is 13.8. The van der Waals surface area contributed by atoms with Gasteiger partial charge in [0.25, 0.3) is 0 Å². The molecule has 4 heterocycles. The largest absolute Gasteiger partial charge is 0.293 e. The van der Waals surface area contributed by atoms with Gasteiger partial charge in [-0.2, -0.15) is 0 Å². The molecule has 0 atom stereocenters. The first-order valence-electron chi connectivity index (χ1n) is 7.87. The fourth-order valence-corrected chi connectivity index (χ4v) is 2.98. The monoisotopic (exact) mass is 337 g/mol. The fraction of sp³-hybridized carbons (Fsp3) is 0.222. The van der Waals surface area contributed by atoms with Crippen molar-refractivity contribution in [3.8, 4) is 11.5 Å². The van der Waals surface area contributed by atoms with Crippen LogP contribution in [0.1, 0.15) is 16.8 Å². The SMILES string of the molecule is Clc1ccc(CN2CCc3cnc(-c4ccccn4)nc3C2)cn1. The van der Waals surface area contributed by atoms with Gasteiger partial charge in [0.2, 0.25) is 0 Å². The molecular formula is C18H16ClN5. The fourth-order valence-electron chi connectivity index (χ4n) is 2.87. The topological polar surface area (TPSA) is 54.8 Å². The third-order valence-electron chi connectivity index (χ3n) is 4.11. The Hall–Kier alpha value is -2.37.